The number of rotatable bonds is 4. The van der Waals surface area contributed by atoms with Gasteiger partial charge in [-0.15, -0.1) is 0 Å². The minimum absolute atomic E-state index is 0.271. The number of hydrogen-bond acceptors (Lipinski definition) is 5. The van der Waals surface area contributed by atoms with Crippen LogP contribution >= 0.6 is 0 Å². The number of nitrogens with one attached hydrogen (secondary N) is 1. The molecule has 0 spiro atoms. The van der Waals surface area contributed by atoms with Crippen molar-refractivity contribution >= 4 is 11.0 Å². The highest BCUT2D eigenvalue weighted by atomic mass is 16.5. The third-order valence-electron chi connectivity index (χ3n) is 3.22. The van der Waals surface area contributed by atoms with Crippen molar-refractivity contribution in [3.05, 3.63) is 56.7 Å². The summed E-state index contributed by atoms with van der Waals surface area (Å²) in [5.74, 6) is 0.746. The zero-order valence-corrected chi connectivity index (χ0v) is 11.5. The third-order valence-corrected chi connectivity index (χ3v) is 3.22. The number of aromatic amines is 1. The topological polar surface area (TPSA) is 93.8 Å². The molecule has 0 atom stereocenters. The number of fused-ring (bicyclic) bond motifs is 1. The lowest BCUT2D eigenvalue weighted by molar-refractivity contribution is 0.373. The predicted molar refractivity (Wildman–Crippen MR) is 76.2 cm³/mol. The zero-order valence-electron chi connectivity index (χ0n) is 11.5. The van der Waals surface area contributed by atoms with Crippen LogP contribution in [0, 0.1) is 6.92 Å². The maximum absolute atomic E-state index is 12.2. The normalized spacial score (nSPS) is 11.1. The van der Waals surface area contributed by atoms with E-state index in [0.717, 1.165) is 11.5 Å². The molecule has 3 rings (SSSR count). The highest BCUT2D eigenvalue weighted by molar-refractivity contribution is 5.71. The lowest BCUT2D eigenvalue weighted by Crippen LogP contribution is -2.35. The Morgan fingerprint density at radius 1 is 1.38 bits per heavy atom. The first kappa shape index (κ1) is 13.3. The molecule has 1 N–H and O–H groups in total. The van der Waals surface area contributed by atoms with Gasteiger partial charge < -0.3 is 9.51 Å². The summed E-state index contributed by atoms with van der Waals surface area (Å²) in [5.41, 5.74) is 0.745. The minimum Gasteiger partial charge on any atom is -0.361 e. The minimum atomic E-state index is -0.422. The van der Waals surface area contributed by atoms with Gasteiger partial charge in [0.15, 0.2) is 5.52 Å². The van der Waals surface area contributed by atoms with Crippen molar-refractivity contribution in [3.63, 3.8) is 0 Å². The molecule has 0 unspecified atom stereocenters. The van der Waals surface area contributed by atoms with Crippen LogP contribution < -0.4 is 11.2 Å². The summed E-state index contributed by atoms with van der Waals surface area (Å²) in [6.07, 6.45) is 2.76. The van der Waals surface area contributed by atoms with Crippen LogP contribution in [0.25, 0.3) is 11.0 Å². The molecule has 0 aliphatic rings. The Morgan fingerprint density at radius 3 is 3.00 bits per heavy atom. The first-order valence-corrected chi connectivity index (χ1v) is 6.65. The molecule has 3 aromatic rings. The van der Waals surface area contributed by atoms with E-state index in [4.69, 9.17) is 4.52 Å². The van der Waals surface area contributed by atoms with E-state index in [2.05, 4.69) is 15.1 Å². The van der Waals surface area contributed by atoms with Gasteiger partial charge in [-0.05, 0) is 25.5 Å². The Labute approximate surface area is 119 Å². The summed E-state index contributed by atoms with van der Waals surface area (Å²) >= 11 is 0. The number of aromatic nitrogens is 4. The maximum Gasteiger partial charge on any atom is 0.328 e. The summed E-state index contributed by atoms with van der Waals surface area (Å²) in [4.78, 5) is 30.9. The van der Waals surface area contributed by atoms with Crippen LogP contribution in [0.3, 0.4) is 0 Å². The smallest absolute Gasteiger partial charge is 0.328 e. The van der Waals surface area contributed by atoms with E-state index in [1.807, 2.05) is 13.0 Å². The van der Waals surface area contributed by atoms with E-state index in [-0.39, 0.29) is 11.1 Å². The van der Waals surface area contributed by atoms with Gasteiger partial charge in [0, 0.05) is 25.2 Å². The average molecular weight is 286 g/mol. The van der Waals surface area contributed by atoms with Gasteiger partial charge in [-0.2, -0.15) is 0 Å². The largest absolute Gasteiger partial charge is 0.361 e. The molecule has 0 bridgehead atoms. The van der Waals surface area contributed by atoms with Gasteiger partial charge in [0.2, 0.25) is 0 Å². The molecule has 0 radical (unpaired) electrons. The zero-order chi connectivity index (χ0) is 14.8. The standard InChI is InChI=1S/C14H14N4O3/c1-9-8-10(21-17-9)4-3-7-18-13(19)12-11(16-14(18)20)5-2-6-15-12/h2,5-6,8H,3-4,7H2,1H3,(H,16,20). The molecule has 3 heterocycles. The number of nitrogens with zero attached hydrogens (tertiary/aromatic N) is 3. The van der Waals surface area contributed by atoms with Crippen molar-refractivity contribution in [3.8, 4) is 0 Å². The van der Waals surface area contributed by atoms with Crippen LogP contribution in [-0.4, -0.2) is 19.7 Å². The highest BCUT2D eigenvalue weighted by Gasteiger charge is 2.08. The first-order valence-electron chi connectivity index (χ1n) is 6.65. The van der Waals surface area contributed by atoms with Crippen molar-refractivity contribution < 1.29 is 4.52 Å². The van der Waals surface area contributed by atoms with Gasteiger partial charge in [0.1, 0.15) is 5.76 Å². The average Bonchev–Trinajstić information content (AvgIpc) is 2.88. The van der Waals surface area contributed by atoms with Crippen LogP contribution in [0.15, 0.2) is 38.5 Å². The van der Waals surface area contributed by atoms with Crippen molar-refractivity contribution in [2.45, 2.75) is 26.3 Å². The number of hydrogen-bond donors (Lipinski definition) is 1. The molecule has 21 heavy (non-hydrogen) atoms. The lowest BCUT2D eigenvalue weighted by atomic mass is 10.2. The molecule has 0 aliphatic carbocycles. The van der Waals surface area contributed by atoms with Crippen molar-refractivity contribution in [2.24, 2.45) is 0 Å². The number of pyridine rings is 1. The van der Waals surface area contributed by atoms with Crippen LogP contribution in [0.2, 0.25) is 0 Å². The van der Waals surface area contributed by atoms with Crippen molar-refractivity contribution in [1.82, 2.24) is 19.7 Å². The Morgan fingerprint density at radius 2 is 2.24 bits per heavy atom. The molecule has 0 fully saturated rings. The second-order valence-electron chi connectivity index (χ2n) is 4.82. The SMILES string of the molecule is Cc1cc(CCCn2c(=O)[nH]c3cccnc3c2=O)on1. The summed E-state index contributed by atoms with van der Waals surface area (Å²) in [6.45, 7) is 2.15. The van der Waals surface area contributed by atoms with E-state index in [9.17, 15) is 9.59 Å². The van der Waals surface area contributed by atoms with Crippen LogP contribution in [0.5, 0.6) is 0 Å². The second-order valence-corrected chi connectivity index (χ2v) is 4.82. The molecular formula is C14H14N4O3. The van der Waals surface area contributed by atoms with Gasteiger partial charge in [0.25, 0.3) is 5.56 Å². The molecule has 0 saturated heterocycles. The fraction of sp³-hybridized carbons (Fsp3) is 0.286. The van der Waals surface area contributed by atoms with Crippen molar-refractivity contribution in [2.75, 3.05) is 0 Å². The molecule has 108 valence electrons. The highest BCUT2D eigenvalue weighted by Crippen LogP contribution is 2.05. The van der Waals surface area contributed by atoms with Crippen LogP contribution in [-0.2, 0) is 13.0 Å². The molecule has 7 nitrogen and oxygen atoms in total. The fourth-order valence-electron chi connectivity index (χ4n) is 2.23. The fourth-order valence-corrected chi connectivity index (χ4v) is 2.23. The monoisotopic (exact) mass is 286 g/mol. The molecule has 7 heteroatoms. The maximum atomic E-state index is 12.2. The Kier molecular flexibility index (Phi) is 3.39. The first-order chi connectivity index (χ1) is 10.1. The third kappa shape index (κ3) is 2.62. The Hall–Kier alpha value is -2.70. The molecular weight excluding hydrogens is 272 g/mol. The molecule has 0 aliphatic heterocycles. The summed E-state index contributed by atoms with van der Waals surface area (Å²) < 4.78 is 6.26. The van der Waals surface area contributed by atoms with E-state index >= 15 is 0 Å². The van der Waals surface area contributed by atoms with Crippen molar-refractivity contribution in [1.29, 1.82) is 0 Å². The second kappa shape index (κ2) is 5.35. The molecule has 0 saturated carbocycles. The van der Waals surface area contributed by atoms with Gasteiger partial charge in [-0.1, -0.05) is 5.16 Å². The van der Waals surface area contributed by atoms with E-state index in [0.29, 0.717) is 24.9 Å². The number of aryl methyl sites for hydroxylation is 2. The van der Waals surface area contributed by atoms with E-state index in [1.54, 1.807) is 12.1 Å². The van der Waals surface area contributed by atoms with Gasteiger partial charge in [-0.3, -0.25) is 9.36 Å². The lowest BCUT2D eigenvalue weighted by Gasteiger charge is -2.04. The summed E-state index contributed by atoms with van der Waals surface area (Å²) in [6, 6.07) is 5.18. The van der Waals surface area contributed by atoms with E-state index in [1.165, 1.54) is 10.8 Å². The van der Waals surface area contributed by atoms with Crippen LogP contribution in [0.1, 0.15) is 17.9 Å². The molecule has 3 aromatic heterocycles. The van der Waals surface area contributed by atoms with E-state index < -0.39 is 5.69 Å². The summed E-state index contributed by atoms with van der Waals surface area (Å²) in [5, 5.41) is 3.80. The van der Waals surface area contributed by atoms with Crippen LogP contribution in [0.4, 0.5) is 0 Å². The van der Waals surface area contributed by atoms with Gasteiger partial charge in [-0.25, -0.2) is 9.78 Å². The Balaban J connectivity index is 1.84. The Bertz CT molecular complexity index is 891. The predicted octanol–water partition coefficient (Wildman–Crippen LogP) is 1.01. The summed E-state index contributed by atoms with van der Waals surface area (Å²) in [7, 11) is 0. The number of H-pyrrole nitrogens is 1. The van der Waals surface area contributed by atoms with Gasteiger partial charge in [0.05, 0.1) is 11.2 Å². The quantitative estimate of drug-likeness (QED) is 0.772. The molecule has 0 amide bonds. The van der Waals surface area contributed by atoms with Gasteiger partial charge >= 0.3 is 5.69 Å². The molecule has 0 aromatic carbocycles.